The summed E-state index contributed by atoms with van der Waals surface area (Å²) in [6.07, 6.45) is 3.99. The molecule has 0 spiro atoms. The molecule has 0 aromatic carbocycles. The molecule has 0 aliphatic heterocycles. The summed E-state index contributed by atoms with van der Waals surface area (Å²) in [6.45, 7) is 5.19. The Bertz CT molecular complexity index is 502. The van der Waals surface area contributed by atoms with E-state index >= 15 is 0 Å². The monoisotopic (exact) mass is 305 g/mol. The number of hydrogen-bond acceptors (Lipinski definition) is 4. The van der Waals surface area contributed by atoms with E-state index in [0.717, 1.165) is 6.42 Å². The molecule has 1 atom stereocenters. The Hall–Kier alpha value is -0.880. The fourth-order valence-corrected chi connectivity index (χ4v) is 2.33. The third-order valence-electron chi connectivity index (χ3n) is 2.45. The molecule has 0 fully saturated rings. The Morgan fingerprint density at radius 2 is 2.21 bits per heavy atom. The smallest absolute Gasteiger partial charge is 0.287 e. The van der Waals surface area contributed by atoms with Crippen molar-refractivity contribution in [2.24, 2.45) is 5.92 Å². The highest BCUT2D eigenvalue weighted by Gasteiger charge is 2.09. The highest BCUT2D eigenvalue weighted by atomic mass is 35.5. The van der Waals surface area contributed by atoms with Gasteiger partial charge in [0.15, 0.2) is 0 Å². The van der Waals surface area contributed by atoms with E-state index in [9.17, 15) is 9.00 Å². The van der Waals surface area contributed by atoms with Crippen molar-refractivity contribution in [3.05, 3.63) is 21.6 Å². The molecule has 1 unspecified atom stereocenters. The number of nitrogens with one attached hydrogen (secondary N) is 1. The molecule has 0 saturated heterocycles. The van der Waals surface area contributed by atoms with E-state index in [-0.39, 0.29) is 10.6 Å². The van der Waals surface area contributed by atoms with Gasteiger partial charge in [-0.1, -0.05) is 25.4 Å². The average Bonchev–Trinajstić information content (AvgIpc) is 2.32. The number of halogens is 1. The normalized spacial score (nSPS) is 12.7. The van der Waals surface area contributed by atoms with Gasteiger partial charge in [0.05, 0.1) is 11.9 Å². The summed E-state index contributed by atoms with van der Waals surface area (Å²) >= 11 is 6.03. The zero-order valence-corrected chi connectivity index (χ0v) is 13.1. The van der Waals surface area contributed by atoms with Crippen LogP contribution in [0, 0.1) is 5.92 Å². The lowest BCUT2D eigenvalue weighted by molar-refractivity contribution is 0.464. The molecule has 0 aliphatic carbocycles. The maximum Gasteiger partial charge on any atom is 0.287 e. The van der Waals surface area contributed by atoms with Gasteiger partial charge >= 0.3 is 0 Å². The highest BCUT2D eigenvalue weighted by molar-refractivity contribution is 7.84. The third-order valence-corrected chi connectivity index (χ3v) is 3.68. The van der Waals surface area contributed by atoms with Crippen LogP contribution in [0.25, 0.3) is 0 Å². The molecule has 1 aromatic heterocycles. The van der Waals surface area contributed by atoms with Gasteiger partial charge in [-0.15, -0.1) is 0 Å². The zero-order valence-electron chi connectivity index (χ0n) is 11.5. The van der Waals surface area contributed by atoms with Crippen molar-refractivity contribution >= 4 is 28.1 Å². The van der Waals surface area contributed by atoms with Crippen LogP contribution in [0.15, 0.2) is 11.0 Å². The summed E-state index contributed by atoms with van der Waals surface area (Å²) in [5.74, 6) is 0.960. The van der Waals surface area contributed by atoms with Gasteiger partial charge in [-0.3, -0.25) is 9.00 Å². The van der Waals surface area contributed by atoms with E-state index in [2.05, 4.69) is 10.4 Å². The molecule has 0 saturated carbocycles. The van der Waals surface area contributed by atoms with Crippen LogP contribution in [-0.2, 0) is 17.3 Å². The van der Waals surface area contributed by atoms with E-state index < -0.39 is 10.8 Å². The molecule has 1 heterocycles. The maximum absolute atomic E-state index is 11.9. The van der Waals surface area contributed by atoms with Crippen molar-refractivity contribution < 1.29 is 4.21 Å². The second kappa shape index (κ2) is 7.65. The van der Waals surface area contributed by atoms with Crippen LogP contribution in [0.4, 0.5) is 5.69 Å². The van der Waals surface area contributed by atoms with Crippen molar-refractivity contribution in [2.45, 2.75) is 26.8 Å². The van der Waals surface area contributed by atoms with Crippen molar-refractivity contribution in [1.29, 1.82) is 0 Å². The van der Waals surface area contributed by atoms with Gasteiger partial charge in [0.25, 0.3) is 5.56 Å². The Morgan fingerprint density at radius 3 is 2.79 bits per heavy atom. The first-order valence-corrected chi connectivity index (χ1v) is 8.32. The van der Waals surface area contributed by atoms with Gasteiger partial charge in [0.1, 0.15) is 5.02 Å². The summed E-state index contributed by atoms with van der Waals surface area (Å²) in [6, 6.07) is 0. The number of rotatable bonds is 7. The molecule has 5 nitrogen and oxygen atoms in total. The molecule has 0 aliphatic rings. The van der Waals surface area contributed by atoms with Crippen LogP contribution in [0.2, 0.25) is 5.02 Å². The topological polar surface area (TPSA) is 64.0 Å². The van der Waals surface area contributed by atoms with E-state index in [0.29, 0.717) is 30.4 Å². The second-order valence-electron chi connectivity index (χ2n) is 4.81. The fraction of sp³-hybridized carbons (Fsp3) is 0.667. The first kappa shape index (κ1) is 16.2. The predicted molar refractivity (Wildman–Crippen MR) is 80.4 cm³/mol. The lowest BCUT2D eigenvalue weighted by atomic mass is 10.2. The highest BCUT2D eigenvalue weighted by Crippen LogP contribution is 2.15. The Balaban J connectivity index is 2.68. The lowest BCUT2D eigenvalue weighted by Crippen LogP contribution is -2.26. The molecule has 0 bridgehead atoms. The number of nitrogens with zero attached hydrogens (tertiary/aromatic N) is 2. The fourth-order valence-electron chi connectivity index (χ4n) is 1.56. The van der Waals surface area contributed by atoms with Crippen LogP contribution >= 0.6 is 11.6 Å². The Morgan fingerprint density at radius 1 is 1.53 bits per heavy atom. The molecule has 108 valence electrons. The van der Waals surface area contributed by atoms with Gasteiger partial charge in [-0.2, -0.15) is 5.10 Å². The summed E-state index contributed by atoms with van der Waals surface area (Å²) in [5, 5.41) is 7.30. The number of aromatic nitrogens is 2. The summed E-state index contributed by atoms with van der Waals surface area (Å²) in [4.78, 5) is 11.9. The van der Waals surface area contributed by atoms with Gasteiger partial charge in [-0.25, -0.2) is 4.68 Å². The standard InChI is InChI=1S/C12H20ClN3O2S/c1-9(2)8-16-12(17)11(13)10(7-15-16)14-5-4-6-19(3)18/h7,9,14H,4-6,8H2,1-3H3. The SMILES string of the molecule is CC(C)Cn1ncc(NCCCS(C)=O)c(Cl)c1=O. The van der Waals surface area contributed by atoms with Crippen LogP contribution in [-0.4, -0.2) is 32.5 Å². The summed E-state index contributed by atoms with van der Waals surface area (Å²) < 4.78 is 12.3. The van der Waals surface area contributed by atoms with Crippen molar-refractivity contribution in [2.75, 3.05) is 23.9 Å². The minimum atomic E-state index is -0.798. The van der Waals surface area contributed by atoms with Crippen molar-refractivity contribution in [3.63, 3.8) is 0 Å². The van der Waals surface area contributed by atoms with Crippen LogP contribution in [0.5, 0.6) is 0 Å². The van der Waals surface area contributed by atoms with E-state index in [1.54, 1.807) is 12.5 Å². The maximum atomic E-state index is 11.9. The minimum Gasteiger partial charge on any atom is -0.382 e. The molecule has 19 heavy (non-hydrogen) atoms. The van der Waals surface area contributed by atoms with Crippen LogP contribution in [0.3, 0.4) is 0 Å². The average molecular weight is 306 g/mol. The zero-order chi connectivity index (χ0) is 14.4. The molecule has 1 N–H and O–H groups in total. The predicted octanol–water partition coefficient (Wildman–Crippen LogP) is 1.73. The van der Waals surface area contributed by atoms with Crippen LogP contribution in [0.1, 0.15) is 20.3 Å². The molecule has 1 rings (SSSR count). The van der Waals surface area contributed by atoms with Crippen molar-refractivity contribution in [3.8, 4) is 0 Å². The molecular formula is C12H20ClN3O2S. The molecule has 0 amide bonds. The number of hydrogen-bond donors (Lipinski definition) is 1. The lowest BCUT2D eigenvalue weighted by Gasteiger charge is -2.11. The van der Waals surface area contributed by atoms with Crippen LogP contribution < -0.4 is 10.9 Å². The van der Waals surface area contributed by atoms with Gasteiger partial charge in [0, 0.05) is 35.9 Å². The number of anilines is 1. The van der Waals surface area contributed by atoms with Gasteiger partial charge < -0.3 is 5.32 Å². The van der Waals surface area contributed by atoms with Crippen molar-refractivity contribution in [1.82, 2.24) is 9.78 Å². The summed E-state index contributed by atoms with van der Waals surface area (Å²) in [5.41, 5.74) is 0.257. The molecule has 0 radical (unpaired) electrons. The minimum absolute atomic E-state index is 0.160. The molecule has 7 heteroatoms. The second-order valence-corrected chi connectivity index (χ2v) is 6.74. The largest absolute Gasteiger partial charge is 0.382 e. The van der Waals surface area contributed by atoms with Gasteiger partial charge in [0.2, 0.25) is 0 Å². The van der Waals surface area contributed by atoms with E-state index in [1.165, 1.54) is 4.68 Å². The molecular weight excluding hydrogens is 286 g/mol. The van der Waals surface area contributed by atoms with Gasteiger partial charge in [-0.05, 0) is 12.3 Å². The molecule has 1 aromatic rings. The third kappa shape index (κ3) is 5.32. The first-order valence-electron chi connectivity index (χ1n) is 6.21. The summed E-state index contributed by atoms with van der Waals surface area (Å²) in [7, 11) is -0.798. The van der Waals surface area contributed by atoms with E-state index in [4.69, 9.17) is 11.6 Å². The quantitative estimate of drug-likeness (QED) is 0.779. The van der Waals surface area contributed by atoms with E-state index in [1.807, 2.05) is 13.8 Å². The Labute approximate surface area is 120 Å². The first-order chi connectivity index (χ1) is 8.91. The Kier molecular flexibility index (Phi) is 6.51.